The van der Waals surface area contributed by atoms with E-state index in [2.05, 4.69) is 16.0 Å². The molecule has 0 amide bonds. The third kappa shape index (κ3) is 4.94. The molecule has 0 aliphatic carbocycles. The second-order valence-corrected chi connectivity index (χ2v) is 10.6. The smallest absolute Gasteiger partial charge is 0.325 e. The molecule has 9 heteroatoms. The molecule has 0 aliphatic heterocycles. The fraction of sp³-hybridized carbons (Fsp3) is 0.208. The Morgan fingerprint density at radius 3 is 2.39 bits per heavy atom. The summed E-state index contributed by atoms with van der Waals surface area (Å²) < 4.78 is 30.7. The van der Waals surface area contributed by atoms with Crippen LogP contribution in [0, 0.1) is 6.92 Å². The maximum absolute atomic E-state index is 12.3. The lowest BCUT2D eigenvalue weighted by atomic mass is 10.1. The number of carbonyl (C=O) groups is 1. The first-order valence-electron chi connectivity index (χ1n) is 10.3. The van der Waals surface area contributed by atoms with Crippen LogP contribution in [0.15, 0.2) is 75.9 Å². The van der Waals surface area contributed by atoms with Crippen LogP contribution >= 0.6 is 11.8 Å². The number of carbonyl (C=O) groups excluding carboxylic acids is 1. The topological polar surface area (TPSA) is 91.2 Å². The summed E-state index contributed by atoms with van der Waals surface area (Å²) >= 11 is 1.53. The van der Waals surface area contributed by atoms with Crippen molar-refractivity contribution in [1.29, 1.82) is 0 Å². The van der Waals surface area contributed by atoms with E-state index in [1.165, 1.54) is 24.3 Å². The molecule has 33 heavy (non-hydrogen) atoms. The van der Waals surface area contributed by atoms with Gasteiger partial charge in [0.15, 0.2) is 9.84 Å². The minimum Gasteiger partial charge on any atom is -0.465 e. The van der Waals surface area contributed by atoms with Gasteiger partial charge in [0.25, 0.3) is 0 Å². The number of benzene rings is 2. The van der Waals surface area contributed by atoms with E-state index in [0.29, 0.717) is 6.61 Å². The number of esters is 1. The van der Waals surface area contributed by atoms with Crippen LogP contribution in [0.2, 0.25) is 0 Å². The molecule has 0 spiro atoms. The van der Waals surface area contributed by atoms with Crippen LogP contribution in [0.5, 0.6) is 0 Å². The fourth-order valence-corrected chi connectivity index (χ4v) is 5.29. The molecule has 0 atom stereocenters. The molecule has 0 saturated heterocycles. The molecular weight excluding hydrogens is 458 g/mol. The Hall–Kier alpha value is -3.17. The number of hydrogen-bond donors (Lipinski definition) is 0. The summed E-state index contributed by atoms with van der Waals surface area (Å²) in [5, 5.41) is 0.982. The zero-order valence-electron chi connectivity index (χ0n) is 18.5. The summed E-state index contributed by atoms with van der Waals surface area (Å²) in [4.78, 5) is 22.7. The highest BCUT2D eigenvalue weighted by Gasteiger charge is 2.19. The molecule has 0 N–H and O–H groups in total. The summed E-state index contributed by atoms with van der Waals surface area (Å²) in [5.41, 5.74) is 3.70. The molecule has 4 aromatic rings. The molecule has 0 bridgehead atoms. The first kappa shape index (κ1) is 23.0. The van der Waals surface area contributed by atoms with Gasteiger partial charge in [-0.05, 0) is 55.8 Å². The molecule has 0 fully saturated rings. The average Bonchev–Trinajstić information content (AvgIpc) is 3.05. The second-order valence-electron chi connectivity index (χ2n) is 7.51. The molecule has 0 unspecified atom stereocenters. The molecular formula is C24H23N3O4S2. The maximum Gasteiger partial charge on any atom is 0.325 e. The number of fused-ring (bicyclic) bond motifs is 1. The standard InChI is InChI=1S/C24H23N3O4S2/c1-4-31-23(28)14-27-16(2)24(32-19-6-8-20(9-7-19)33(3,29)30)21-11-17(5-10-22(21)27)18-12-25-15-26-13-18/h5-13,15H,4,14H2,1-3H3. The molecule has 2 aromatic heterocycles. The van der Waals surface area contributed by atoms with Crippen molar-refractivity contribution in [3.8, 4) is 11.1 Å². The van der Waals surface area contributed by atoms with Crippen molar-refractivity contribution in [2.45, 2.75) is 35.1 Å². The number of nitrogens with zero attached hydrogens (tertiary/aromatic N) is 3. The van der Waals surface area contributed by atoms with Crippen LogP contribution in [0.25, 0.3) is 22.0 Å². The van der Waals surface area contributed by atoms with Gasteiger partial charge >= 0.3 is 5.97 Å². The van der Waals surface area contributed by atoms with Crippen molar-refractivity contribution in [2.75, 3.05) is 12.9 Å². The van der Waals surface area contributed by atoms with E-state index in [1.54, 1.807) is 43.6 Å². The number of ether oxygens (including phenoxy) is 1. The number of aromatic nitrogens is 3. The summed E-state index contributed by atoms with van der Waals surface area (Å²) in [6, 6.07) is 12.8. The molecule has 0 radical (unpaired) electrons. The molecule has 2 heterocycles. The minimum absolute atomic E-state index is 0.109. The first-order chi connectivity index (χ1) is 15.8. The SMILES string of the molecule is CCOC(=O)Cn1c(C)c(Sc2ccc(S(C)(=O)=O)cc2)c2cc(-c3cncnc3)ccc21. The van der Waals surface area contributed by atoms with Gasteiger partial charge in [-0.15, -0.1) is 0 Å². The molecule has 170 valence electrons. The average molecular weight is 482 g/mol. The van der Waals surface area contributed by atoms with E-state index < -0.39 is 9.84 Å². The molecule has 2 aromatic carbocycles. The van der Waals surface area contributed by atoms with E-state index in [-0.39, 0.29) is 17.4 Å². The Labute approximate surface area is 196 Å². The van der Waals surface area contributed by atoms with Gasteiger partial charge < -0.3 is 9.30 Å². The van der Waals surface area contributed by atoms with E-state index >= 15 is 0 Å². The minimum atomic E-state index is -3.26. The fourth-order valence-electron chi connectivity index (χ4n) is 3.62. The highest BCUT2D eigenvalue weighted by Crippen LogP contribution is 2.40. The summed E-state index contributed by atoms with van der Waals surface area (Å²) in [6.45, 7) is 4.19. The zero-order valence-corrected chi connectivity index (χ0v) is 20.1. The van der Waals surface area contributed by atoms with Crippen LogP contribution in [0.3, 0.4) is 0 Å². The quantitative estimate of drug-likeness (QED) is 0.358. The zero-order chi connectivity index (χ0) is 23.6. The number of sulfone groups is 1. The third-order valence-electron chi connectivity index (χ3n) is 5.22. The Bertz CT molecular complexity index is 1410. The van der Waals surface area contributed by atoms with Crippen molar-refractivity contribution >= 4 is 38.5 Å². The van der Waals surface area contributed by atoms with Crippen molar-refractivity contribution in [3.05, 3.63) is 66.9 Å². The number of rotatable bonds is 7. The van der Waals surface area contributed by atoms with Crippen molar-refractivity contribution < 1.29 is 17.9 Å². The summed E-state index contributed by atoms with van der Waals surface area (Å²) in [6.07, 6.45) is 6.20. The van der Waals surface area contributed by atoms with Crippen molar-refractivity contribution in [2.24, 2.45) is 0 Å². The van der Waals surface area contributed by atoms with E-state index in [0.717, 1.165) is 37.5 Å². The molecule has 0 saturated carbocycles. The molecule has 0 aliphatic rings. The van der Waals surface area contributed by atoms with Gasteiger partial charge in [-0.1, -0.05) is 17.8 Å². The van der Waals surface area contributed by atoms with Gasteiger partial charge in [-0.25, -0.2) is 18.4 Å². The van der Waals surface area contributed by atoms with Crippen LogP contribution in [0.1, 0.15) is 12.6 Å². The van der Waals surface area contributed by atoms with Gasteiger partial charge in [0.1, 0.15) is 12.9 Å². The van der Waals surface area contributed by atoms with Gasteiger partial charge in [0, 0.05) is 50.6 Å². The lowest BCUT2D eigenvalue weighted by Gasteiger charge is -2.08. The predicted octanol–water partition coefficient (Wildman–Crippen LogP) is 4.52. The molecule has 4 rings (SSSR count). The lowest BCUT2D eigenvalue weighted by molar-refractivity contribution is -0.143. The normalized spacial score (nSPS) is 11.6. The van der Waals surface area contributed by atoms with Gasteiger partial charge in [-0.3, -0.25) is 4.79 Å². The van der Waals surface area contributed by atoms with E-state index in [4.69, 9.17) is 4.74 Å². The number of hydrogen-bond acceptors (Lipinski definition) is 7. The predicted molar refractivity (Wildman–Crippen MR) is 128 cm³/mol. The van der Waals surface area contributed by atoms with Crippen molar-refractivity contribution in [3.63, 3.8) is 0 Å². The van der Waals surface area contributed by atoms with Crippen molar-refractivity contribution in [1.82, 2.24) is 14.5 Å². The largest absolute Gasteiger partial charge is 0.465 e. The Kier molecular flexibility index (Phi) is 6.53. The summed E-state index contributed by atoms with van der Waals surface area (Å²) in [5.74, 6) is -0.299. The Morgan fingerprint density at radius 2 is 1.76 bits per heavy atom. The van der Waals surface area contributed by atoms with Gasteiger partial charge in [0.05, 0.1) is 11.5 Å². The van der Waals surface area contributed by atoms with Crippen LogP contribution < -0.4 is 0 Å². The Morgan fingerprint density at radius 1 is 1.06 bits per heavy atom. The highest BCUT2D eigenvalue weighted by atomic mass is 32.2. The van der Waals surface area contributed by atoms with Gasteiger partial charge in [0.2, 0.25) is 0 Å². The molecule has 7 nitrogen and oxygen atoms in total. The monoisotopic (exact) mass is 481 g/mol. The highest BCUT2D eigenvalue weighted by molar-refractivity contribution is 7.99. The first-order valence-corrected chi connectivity index (χ1v) is 13.0. The third-order valence-corrected chi connectivity index (χ3v) is 7.58. The lowest BCUT2D eigenvalue weighted by Crippen LogP contribution is -2.14. The maximum atomic E-state index is 12.3. The van der Waals surface area contributed by atoms with E-state index in [1.807, 2.05) is 23.6 Å². The Balaban J connectivity index is 1.81. The summed E-state index contributed by atoms with van der Waals surface area (Å²) in [7, 11) is -3.26. The van der Waals surface area contributed by atoms with Gasteiger partial charge in [-0.2, -0.15) is 0 Å². The van der Waals surface area contributed by atoms with E-state index in [9.17, 15) is 13.2 Å². The van der Waals surface area contributed by atoms with Crippen LogP contribution in [0.4, 0.5) is 0 Å². The second kappa shape index (κ2) is 9.36. The van der Waals surface area contributed by atoms with Crippen LogP contribution in [-0.4, -0.2) is 41.8 Å². The van der Waals surface area contributed by atoms with Crippen LogP contribution in [-0.2, 0) is 25.9 Å².